The molecule has 0 aliphatic carbocycles. The zero-order chi connectivity index (χ0) is 20.8. The number of guanidine groups is 1. The molecule has 0 atom stereocenters. The molecule has 0 aliphatic heterocycles. The monoisotopic (exact) mass is 414 g/mol. The van der Waals surface area contributed by atoms with Crippen molar-refractivity contribution in [1.29, 1.82) is 0 Å². The maximum absolute atomic E-state index is 12.6. The predicted octanol–water partition coefficient (Wildman–Crippen LogP) is 2.48. The van der Waals surface area contributed by atoms with Crippen molar-refractivity contribution in [3.05, 3.63) is 65.2 Å². The van der Waals surface area contributed by atoms with Crippen LogP contribution in [0.25, 0.3) is 0 Å². The molecule has 0 radical (unpaired) electrons. The topological polar surface area (TPSA) is 82.6 Å². The molecule has 0 amide bonds. The first kappa shape index (κ1) is 21.7. The Morgan fingerprint density at radius 2 is 1.39 bits per heavy atom. The van der Waals surface area contributed by atoms with E-state index in [9.17, 15) is 21.6 Å². The van der Waals surface area contributed by atoms with E-state index in [0.29, 0.717) is 24.6 Å². The summed E-state index contributed by atoms with van der Waals surface area (Å²) >= 11 is 0. The molecule has 0 heterocycles. The Morgan fingerprint density at radius 1 is 0.929 bits per heavy atom. The molecule has 6 nitrogen and oxygen atoms in total. The van der Waals surface area contributed by atoms with Gasteiger partial charge in [0, 0.05) is 20.1 Å². The van der Waals surface area contributed by atoms with Crippen LogP contribution in [0.15, 0.2) is 58.4 Å². The Hall–Kier alpha value is -2.59. The zero-order valence-corrected chi connectivity index (χ0v) is 16.2. The van der Waals surface area contributed by atoms with Crippen LogP contribution in [0.1, 0.15) is 16.7 Å². The molecule has 3 N–H and O–H groups in total. The van der Waals surface area contributed by atoms with Gasteiger partial charge in [-0.25, -0.2) is 13.1 Å². The average Bonchev–Trinajstić information content (AvgIpc) is 2.68. The van der Waals surface area contributed by atoms with Crippen molar-refractivity contribution < 1.29 is 21.6 Å². The van der Waals surface area contributed by atoms with Gasteiger partial charge < -0.3 is 10.6 Å². The predicted molar refractivity (Wildman–Crippen MR) is 101 cm³/mol. The van der Waals surface area contributed by atoms with Crippen molar-refractivity contribution >= 4 is 16.0 Å². The molecule has 0 bridgehead atoms. The maximum Gasteiger partial charge on any atom is 0.416 e. The highest BCUT2D eigenvalue weighted by Crippen LogP contribution is 2.29. The third-order valence-electron chi connectivity index (χ3n) is 3.93. The highest BCUT2D eigenvalue weighted by atomic mass is 32.2. The zero-order valence-electron chi connectivity index (χ0n) is 15.3. The van der Waals surface area contributed by atoms with Gasteiger partial charge in [0.25, 0.3) is 0 Å². The lowest BCUT2D eigenvalue weighted by atomic mass is 10.1. The molecule has 0 saturated carbocycles. The van der Waals surface area contributed by atoms with E-state index in [-0.39, 0.29) is 4.90 Å². The first-order valence-electron chi connectivity index (χ1n) is 8.29. The molecule has 0 spiro atoms. The number of halogens is 3. The van der Waals surface area contributed by atoms with Crippen molar-refractivity contribution in [1.82, 2.24) is 15.4 Å². The molecule has 0 fully saturated rings. The van der Waals surface area contributed by atoms with Gasteiger partial charge in [-0.15, -0.1) is 0 Å². The van der Waals surface area contributed by atoms with Crippen molar-refractivity contribution in [2.24, 2.45) is 4.99 Å². The third-order valence-corrected chi connectivity index (χ3v) is 5.36. The van der Waals surface area contributed by atoms with Crippen LogP contribution < -0.4 is 15.4 Å². The summed E-state index contributed by atoms with van der Waals surface area (Å²) in [6.07, 6.45) is -4.36. The Bertz CT molecular complexity index is 909. The lowest BCUT2D eigenvalue weighted by Gasteiger charge is -2.13. The van der Waals surface area contributed by atoms with E-state index in [0.717, 1.165) is 17.7 Å². The molecular weight excluding hydrogens is 393 g/mol. The Kier molecular flexibility index (Phi) is 7.03. The Morgan fingerprint density at radius 3 is 1.79 bits per heavy atom. The first-order chi connectivity index (χ1) is 13.2. The fourth-order valence-electron chi connectivity index (χ4n) is 2.31. The van der Waals surface area contributed by atoms with Crippen LogP contribution in [-0.4, -0.2) is 28.5 Å². The summed E-state index contributed by atoms with van der Waals surface area (Å²) in [7, 11) is -0.561. The number of hydrogen-bond acceptors (Lipinski definition) is 3. The molecule has 10 heteroatoms. The molecule has 152 valence electrons. The summed E-state index contributed by atoms with van der Waals surface area (Å²) in [6.45, 7) is 0.698. The molecule has 0 aliphatic rings. The standard InChI is InChI=1S/C18H21F3N4O2S/c1-22-17(24-11-13-3-7-15(8-4-13)18(19,20)21)25-12-14-5-9-16(10-6-14)28(26,27)23-2/h3-10,23H,11-12H2,1-2H3,(H2,22,24,25). The summed E-state index contributed by atoms with van der Waals surface area (Å²) < 4.78 is 63.4. The van der Waals surface area contributed by atoms with E-state index >= 15 is 0 Å². The van der Waals surface area contributed by atoms with Crippen LogP contribution in [-0.2, 0) is 29.3 Å². The van der Waals surface area contributed by atoms with Crippen molar-refractivity contribution in [2.45, 2.75) is 24.2 Å². The molecule has 0 aromatic heterocycles. The van der Waals surface area contributed by atoms with Crippen molar-refractivity contribution in [2.75, 3.05) is 14.1 Å². The third kappa shape index (κ3) is 5.96. The minimum Gasteiger partial charge on any atom is -0.352 e. The fraction of sp³-hybridized carbons (Fsp3) is 0.278. The van der Waals surface area contributed by atoms with Crippen LogP contribution in [0.2, 0.25) is 0 Å². The molecule has 0 unspecified atom stereocenters. The number of benzene rings is 2. The van der Waals surface area contributed by atoms with E-state index in [1.807, 2.05) is 0 Å². The number of aliphatic imine (C=N–C) groups is 1. The highest BCUT2D eigenvalue weighted by Gasteiger charge is 2.29. The number of hydrogen-bond donors (Lipinski definition) is 3. The van der Waals surface area contributed by atoms with Gasteiger partial charge >= 0.3 is 6.18 Å². The number of alkyl halides is 3. The van der Waals surface area contributed by atoms with Crippen LogP contribution in [0.4, 0.5) is 13.2 Å². The lowest BCUT2D eigenvalue weighted by molar-refractivity contribution is -0.137. The lowest BCUT2D eigenvalue weighted by Crippen LogP contribution is -2.36. The molecule has 2 aromatic carbocycles. The van der Waals surface area contributed by atoms with Gasteiger partial charge in [0.05, 0.1) is 10.5 Å². The van der Waals surface area contributed by atoms with Crippen molar-refractivity contribution in [3.8, 4) is 0 Å². The fourth-order valence-corrected chi connectivity index (χ4v) is 3.04. The van der Waals surface area contributed by atoms with Gasteiger partial charge in [-0.3, -0.25) is 4.99 Å². The van der Waals surface area contributed by atoms with Gasteiger partial charge in [-0.2, -0.15) is 13.2 Å². The van der Waals surface area contributed by atoms with Crippen LogP contribution in [0, 0.1) is 0 Å². The Labute approximate surface area is 161 Å². The van der Waals surface area contributed by atoms with Gasteiger partial charge in [-0.1, -0.05) is 24.3 Å². The van der Waals surface area contributed by atoms with Crippen molar-refractivity contribution in [3.63, 3.8) is 0 Å². The van der Waals surface area contributed by atoms with E-state index in [1.54, 1.807) is 19.2 Å². The number of sulfonamides is 1. The largest absolute Gasteiger partial charge is 0.416 e. The number of nitrogens with one attached hydrogen (secondary N) is 3. The van der Waals surface area contributed by atoms with E-state index in [2.05, 4.69) is 20.3 Å². The number of rotatable bonds is 6. The summed E-state index contributed by atoms with van der Waals surface area (Å²) in [5, 5.41) is 6.07. The van der Waals surface area contributed by atoms with Gasteiger partial charge in [0.15, 0.2) is 5.96 Å². The molecule has 28 heavy (non-hydrogen) atoms. The van der Waals surface area contributed by atoms with E-state index in [1.165, 1.54) is 31.3 Å². The summed E-state index contributed by atoms with van der Waals surface area (Å²) in [6, 6.07) is 11.2. The summed E-state index contributed by atoms with van der Waals surface area (Å²) in [5.74, 6) is 0.465. The Balaban J connectivity index is 1.89. The molecular formula is C18H21F3N4O2S. The van der Waals surface area contributed by atoms with E-state index < -0.39 is 21.8 Å². The second kappa shape index (κ2) is 9.07. The summed E-state index contributed by atoms with van der Waals surface area (Å²) in [4.78, 5) is 4.22. The van der Waals surface area contributed by atoms with Crippen LogP contribution in [0.5, 0.6) is 0 Å². The SMILES string of the molecule is CN=C(NCc1ccc(C(F)(F)F)cc1)NCc1ccc(S(=O)(=O)NC)cc1. The van der Waals surface area contributed by atoms with Crippen LogP contribution in [0.3, 0.4) is 0 Å². The quantitative estimate of drug-likeness (QED) is 0.501. The van der Waals surface area contributed by atoms with Gasteiger partial charge in [0.1, 0.15) is 0 Å². The molecule has 2 rings (SSSR count). The summed E-state index contributed by atoms with van der Waals surface area (Å²) in [5.41, 5.74) is 0.826. The normalized spacial score (nSPS) is 12.7. The number of nitrogens with zero attached hydrogens (tertiary/aromatic N) is 1. The van der Waals surface area contributed by atoms with Crippen LogP contribution >= 0.6 is 0 Å². The minimum atomic E-state index is -4.36. The smallest absolute Gasteiger partial charge is 0.352 e. The molecule has 0 saturated heterocycles. The minimum absolute atomic E-state index is 0.170. The maximum atomic E-state index is 12.6. The second-order valence-electron chi connectivity index (χ2n) is 5.83. The average molecular weight is 414 g/mol. The van der Waals surface area contributed by atoms with Gasteiger partial charge in [0.2, 0.25) is 10.0 Å². The molecule has 2 aromatic rings. The highest BCUT2D eigenvalue weighted by molar-refractivity contribution is 7.89. The second-order valence-corrected chi connectivity index (χ2v) is 7.71. The van der Waals surface area contributed by atoms with E-state index in [4.69, 9.17) is 0 Å². The first-order valence-corrected chi connectivity index (χ1v) is 9.77. The van der Waals surface area contributed by atoms with Gasteiger partial charge in [-0.05, 0) is 42.4 Å².